The van der Waals surface area contributed by atoms with Gasteiger partial charge in [0.1, 0.15) is 5.82 Å². The van der Waals surface area contributed by atoms with Gasteiger partial charge in [-0.05, 0) is 51.2 Å². The van der Waals surface area contributed by atoms with Gasteiger partial charge in [-0.15, -0.1) is 15.3 Å². The van der Waals surface area contributed by atoms with E-state index in [1.807, 2.05) is 19.1 Å². The quantitative estimate of drug-likeness (QED) is 0.854. The fourth-order valence-corrected chi connectivity index (χ4v) is 3.49. The van der Waals surface area contributed by atoms with Gasteiger partial charge in [0.2, 0.25) is 0 Å². The van der Waals surface area contributed by atoms with Gasteiger partial charge >= 0.3 is 0 Å². The van der Waals surface area contributed by atoms with E-state index in [4.69, 9.17) is 9.47 Å². The van der Waals surface area contributed by atoms with Gasteiger partial charge in [-0.25, -0.2) is 0 Å². The Morgan fingerprint density at radius 2 is 2.04 bits per heavy atom. The Bertz CT molecular complexity index is 675. The molecule has 2 aromatic heterocycles. The SMILES string of the molecule is Cc1nnc2ccc(N3CCC(OC[C@@H]4CCCCO4)CC3)nn12. The third-order valence-electron chi connectivity index (χ3n) is 4.96. The van der Waals surface area contributed by atoms with Crippen LogP contribution in [0.5, 0.6) is 0 Å². The minimum atomic E-state index is 0.303. The number of aryl methyl sites for hydroxylation is 1. The van der Waals surface area contributed by atoms with Gasteiger partial charge in [-0.2, -0.15) is 4.52 Å². The maximum atomic E-state index is 6.09. The van der Waals surface area contributed by atoms with Crippen molar-refractivity contribution in [3.8, 4) is 0 Å². The van der Waals surface area contributed by atoms with Crippen molar-refractivity contribution < 1.29 is 9.47 Å². The lowest BCUT2D eigenvalue weighted by atomic mass is 10.1. The molecular weight excluding hydrogens is 306 g/mol. The van der Waals surface area contributed by atoms with E-state index >= 15 is 0 Å². The third-order valence-corrected chi connectivity index (χ3v) is 4.96. The number of hydrogen-bond acceptors (Lipinski definition) is 6. The lowest BCUT2D eigenvalue weighted by Gasteiger charge is -2.33. The summed E-state index contributed by atoms with van der Waals surface area (Å²) in [6.07, 6.45) is 6.31. The van der Waals surface area contributed by atoms with Gasteiger partial charge in [-0.1, -0.05) is 0 Å². The van der Waals surface area contributed by atoms with Gasteiger partial charge in [0.05, 0.1) is 18.8 Å². The van der Waals surface area contributed by atoms with Crippen LogP contribution in [0.3, 0.4) is 0 Å². The van der Waals surface area contributed by atoms with E-state index in [9.17, 15) is 0 Å². The largest absolute Gasteiger partial charge is 0.376 e. The molecule has 2 aromatic rings. The van der Waals surface area contributed by atoms with Crippen LogP contribution in [0, 0.1) is 6.92 Å². The Labute approximate surface area is 141 Å². The van der Waals surface area contributed by atoms with E-state index in [-0.39, 0.29) is 0 Å². The summed E-state index contributed by atoms with van der Waals surface area (Å²) in [6, 6.07) is 4.01. The van der Waals surface area contributed by atoms with E-state index in [1.54, 1.807) is 4.52 Å². The van der Waals surface area contributed by atoms with Gasteiger partial charge < -0.3 is 14.4 Å². The fraction of sp³-hybridized carbons (Fsp3) is 0.706. The summed E-state index contributed by atoms with van der Waals surface area (Å²) in [6.45, 7) is 5.49. The molecular formula is C17H25N5O2. The summed E-state index contributed by atoms with van der Waals surface area (Å²) in [5, 5.41) is 12.8. The van der Waals surface area contributed by atoms with E-state index in [0.717, 1.165) is 62.9 Å². The van der Waals surface area contributed by atoms with Gasteiger partial charge in [0.15, 0.2) is 11.5 Å². The highest BCUT2D eigenvalue weighted by Gasteiger charge is 2.23. The Kier molecular flexibility index (Phi) is 4.62. The molecule has 0 bridgehead atoms. The molecule has 4 rings (SSSR count). The van der Waals surface area contributed by atoms with Gasteiger partial charge in [-0.3, -0.25) is 0 Å². The smallest absolute Gasteiger partial charge is 0.178 e. The Hall–Kier alpha value is -1.73. The Morgan fingerprint density at radius 3 is 2.83 bits per heavy atom. The predicted octanol–water partition coefficient (Wildman–Crippen LogP) is 1.99. The topological polar surface area (TPSA) is 64.8 Å². The molecule has 2 fully saturated rings. The summed E-state index contributed by atoms with van der Waals surface area (Å²) < 4.78 is 13.6. The average Bonchev–Trinajstić information content (AvgIpc) is 3.02. The van der Waals surface area contributed by atoms with E-state index in [1.165, 1.54) is 12.8 Å². The molecule has 2 aliphatic heterocycles. The molecule has 130 valence electrons. The summed E-state index contributed by atoms with van der Waals surface area (Å²) in [4.78, 5) is 2.32. The molecule has 0 amide bonds. The molecule has 0 spiro atoms. The van der Waals surface area contributed by atoms with Gasteiger partial charge in [0.25, 0.3) is 0 Å². The molecule has 1 atom stereocenters. The number of aromatic nitrogens is 4. The maximum absolute atomic E-state index is 6.09. The lowest BCUT2D eigenvalue weighted by molar-refractivity contribution is -0.0672. The number of rotatable bonds is 4. The van der Waals surface area contributed by atoms with Crippen LogP contribution in [0.25, 0.3) is 5.65 Å². The summed E-state index contributed by atoms with van der Waals surface area (Å²) in [5.74, 6) is 1.80. The first-order valence-electron chi connectivity index (χ1n) is 8.97. The number of anilines is 1. The molecule has 24 heavy (non-hydrogen) atoms. The van der Waals surface area contributed by atoms with E-state index in [2.05, 4.69) is 20.2 Å². The normalized spacial score (nSPS) is 23.0. The molecule has 0 radical (unpaired) electrons. The Morgan fingerprint density at radius 1 is 1.17 bits per heavy atom. The first-order chi connectivity index (χ1) is 11.8. The molecule has 2 aliphatic rings. The van der Waals surface area contributed by atoms with Crippen molar-refractivity contribution >= 4 is 11.5 Å². The minimum Gasteiger partial charge on any atom is -0.376 e. The van der Waals surface area contributed by atoms with Crippen molar-refractivity contribution in [1.29, 1.82) is 0 Å². The Balaban J connectivity index is 1.30. The van der Waals surface area contributed by atoms with Crippen molar-refractivity contribution in [3.05, 3.63) is 18.0 Å². The number of nitrogens with zero attached hydrogens (tertiary/aromatic N) is 5. The van der Waals surface area contributed by atoms with E-state index in [0.29, 0.717) is 12.2 Å². The summed E-state index contributed by atoms with van der Waals surface area (Å²) in [7, 11) is 0. The average molecular weight is 331 g/mol. The second-order valence-corrected chi connectivity index (χ2v) is 6.72. The second-order valence-electron chi connectivity index (χ2n) is 6.72. The van der Waals surface area contributed by atoms with Crippen LogP contribution in [0.1, 0.15) is 37.9 Å². The minimum absolute atomic E-state index is 0.303. The van der Waals surface area contributed by atoms with Crippen molar-refractivity contribution in [2.45, 2.75) is 51.2 Å². The molecule has 7 heteroatoms. The van der Waals surface area contributed by atoms with Crippen LogP contribution < -0.4 is 4.90 Å². The fourth-order valence-electron chi connectivity index (χ4n) is 3.49. The maximum Gasteiger partial charge on any atom is 0.178 e. The van der Waals surface area contributed by atoms with Crippen LogP contribution in [-0.2, 0) is 9.47 Å². The van der Waals surface area contributed by atoms with E-state index < -0.39 is 0 Å². The molecule has 4 heterocycles. The molecule has 0 saturated carbocycles. The number of ether oxygens (including phenoxy) is 2. The zero-order valence-electron chi connectivity index (χ0n) is 14.2. The van der Waals surface area contributed by atoms with Crippen LogP contribution in [0.4, 0.5) is 5.82 Å². The first-order valence-corrected chi connectivity index (χ1v) is 8.97. The van der Waals surface area contributed by atoms with Crippen molar-refractivity contribution in [2.75, 3.05) is 31.2 Å². The number of fused-ring (bicyclic) bond motifs is 1. The first kappa shape index (κ1) is 15.8. The highest BCUT2D eigenvalue weighted by atomic mass is 16.5. The number of piperidine rings is 1. The molecule has 0 aromatic carbocycles. The molecule has 0 N–H and O–H groups in total. The number of hydrogen-bond donors (Lipinski definition) is 0. The molecule has 7 nitrogen and oxygen atoms in total. The highest BCUT2D eigenvalue weighted by Crippen LogP contribution is 2.21. The summed E-state index contributed by atoms with van der Waals surface area (Å²) in [5.41, 5.74) is 0.793. The zero-order chi connectivity index (χ0) is 16.4. The van der Waals surface area contributed by atoms with Crippen molar-refractivity contribution in [2.24, 2.45) is 0 Å². The molecule has 0 aliphatic carbocycles. The zero-order valence-corrected chi connectivity index (χ0v) is 14.2. The van der Waals surface area contributed by atoms with Crippen LogP contribution in [0.2, 0.25) is 0 Å². The van der Waals surface area contributed by atoms with Crippen molar-refractivity contribution in [1.82, 2.24) is 19.8 Å². The van der Waals surface area contributed by atoms with Gasteiger partial charge in [0, 0.05) is 19.7 Å². The molecule has 2 saturated heterocycles. The third kappa shape index (κ3) is 3.37. The predicted molar refractivity (Wildman–Crippen MR) is 90.3 cm³/mol. The van der Waals surface area contributed by atoms with Crippen LogP contribution in [0.15, 0.2) is 12.1 Å². The standard InChI is InChI=1S/C17H25N5O2/c1-13-18-19-16-5-6-17(20-22(13)16)21-9-7-14(8-10-21)24-12-15-4-2-3-11-23-15/h5-6,14-15H,2-4,7-12H2,1H3/t15-/m0/s1. The summed E-state index contributed by atoms with van der Waals surface area (Å²) >= 11 is 0. The molecule has 0 unspecified atom stereocenters. The van der Waals surface area contributed by atoms with Crippen LogP contribution in [-0.4, -0.2) is 58.3 Å². The lowest BCUT2D eigenvalue weighted by Crippen LogP contribution is -2.39. The highest BCUT2D eigenvalue weighted by molar-refractivity contribution is 5.45. The van der Waals surface area contributed by atoms with Crippen LogP contribution >= 0.6 is 0 Å². The van der Waals surface area contributed by atoms with Crippen molar-refractivity contribution in [3.63, 3.8) is 0 Å². The monoisotopic (exact) mass is 331 g/mol. The second kappa shape index (κ2) is 7.03.